The molecule has 7 heteroatoms. The van der Waals surface area contributed by atoms with Crippen molar-refractivity contribution in [3.8, 4) is 0 Å². The molecule has 0 spiro atoms. The van der Waals surface area contributed by atoms with Gasteiger partial charge in [-0.1, -0.05) is 31.1 Å². The van der Waals surface area contributed by atoms with E-state index in [0.29, 0.717) is 17.6 Å². The topological polar surface area (TPSA) is 28.2 Å². The number of hydrogen-bond acceptors (Lipinski definition) is 3. The summed E-state index contributed by atoms with van der Waals surface area (Å²) >= 11 is 0. The maximum Gasteiger partial charge on any atom is 0.395 e. The summed E-state index contributed by atoms with van der Waals surface area (Å²) in [5.41, 5.74) is 5.72. The highest BCUT2D eigenvalue weighted by Gasteiger charge is 2.38. The Labute approximate surface area is 219 Å². The molecule has 1 fully saturated rings. The van der Waals surface area contributed by atoms with Crippen LogP contribution in [0.25, 0.3) is 0 Å². The second-order valence-corrected chi connectivity index (χ2v) is 10.4. The van der Waals surface area contributed by atoms with E-state index in [4.69, 9.17) is 0 Å². The first-order valence-electron chi connectivity index (χ1n) is 13.4. The van der Waals surface area contributed by atoms with Gasteiger partial charge in [-0.2, -0.15) is 13.2 Å². The summed E-state index contributed by atoms with van der Waals surface area (Å²) in [7, 11) is 2.00. The molecule has 2 aliphatic rings. The minimum absolute atomic E-state index is 0.0308. The third-order valence-electron chi connectivity index (χ3n) is 7.43. The number of pyridine rings is 1. The van der Waals surface area contributed by atoms with Gasteiger partial charge in [-0.15, -0.1) is 0 Å². The van der Waals surface area contributed by atoms with Gasteiger partial charge in [0.2, 0.25) is 0 Å². The van der Waals surface area contributed by atoms with Crippen LogP contribution in [0.4, 0.5) is 23.4 Å². The van der Waals surface area contributed by atoms with E-state index in [1.807, 2.05) is 33.2 Å². The molecule has 37 heavy (non-hydrogen) atoms. The summed E-state index contributed by atoms with van der Waals surface area (Å²) in [5, 5.41) is 3.59. The number of aryl methyl sites for hydroxylation is 2. The van der Waals surface area contributed by atoms with E-state index in [0.717, 1.165) is 55.7 Å². The van der Waals surface area contributed by atoms with Gasteiger partial charge in [-0.25, -0.2) is 9.37 Å². The number of allylic oxidation sites excluding steroid dienone is 7. The second kappa shape index (κ2) is 12.8. The summed E-state index contributed by atoms with van der Waals surface area (Å²) in [4.78, 5) is 6.78. The maximum atomic E-state index is 14.1. The van der Waals surface area contributed by atoms with Crippen LogP contribution in [-0.2, 0) is 12.8 Å². The highest BCUT2D eigenvalue weighted by Crippen LogP contribution is 2.37. The van der Waals surface area contributed by atoms with Crippen molar-refractivity contribution in [2.45, 2.75) is 84.9 Å². The van der Waals surface area contributed by atoms with E-state index in [1.54, 1.807) is 19.9 Å². The third kappa shape index (κ3) is 7.26. The monoisotopic (exact) mass is 519 g/mol. The molecule has 1 aromatic rings. The minimum Gasteiger partial charge on any atom is -0.376 e. The quantitative estimate of drug-likeness (QED) is 0.264. The SMILES string of the molecule is C/C=C(CF)\C(=C/C(CCC)C(F)(F)F)C(/C=C1/C(Nc2cc3c(cn2)CCC3)CCCN1C)=C(C)C. The second-order valence-electron chi connectivity index (χ2n) is 10.4. The van der Waals surface area contributed by atoms with Gasteiger partial charge in [0.25, 0.3) is 0 Å². The number of nitrogens with zero attached hydrogens (tertiary/aromatic N) is 2. The Hall–Kier alpha value is -2.57. The number of piperidine rings is 1. The zero-order chi connectivity index (χ0) is 27.2. The first-order valence-corrected chi connectivity index (χ1v) is 13.4. The molecular weight excluding hydrogens is 478 g/mol. The Bertz CT molecular complexity index is 1060. The lowest BCUT2D eigenvalue weighted by Crippen LogP contribution is -2.38. The molecule has 3 nitrogen and oxygen atoms in total. The fourth-order valence-corrected chi connectivity index (χ4v) is 5.31. The van der Waals surface area contributed by atoms with Crippen LogP contribution < -0.4 is 5.32 Å². The van der Waals surface area contributed by atoms with E-state index in [1.165, 1.54) is 17.2 Å². The molecule has 1 aliphatic heterocycles. The van der Waals surface area contributed by atoms with Crippen LogP contribution in [0.15, 0.2) is 58.5 Å². The Kier molecular flexibility index (Phi) is 10.0. The van der Waals surface area contributed by atoms with E-state index in [2.05, 4.69) is 21.3 Å². The molecule has 1 aliphatic carbocycles. The Morgan fingerprint density at radius 1 is 1.22 bits per heavy atom. The van der Waals surface area contributed by atoms with E-state index >= 15 is 0 Å². The van der Waals surface area contributed by atoms with Crippen molar-refractivity contribution in [1.82, 2.24) is 9.88 Å². The predicted octanol–water partition coefficient (Wildman–Crippen LogP) is 8.12. The van der Waals surface area contributed by atoms with Crippen LogP contribution in [0.1, 0.15) is 70.9 Å². The van der Waals surface area contributed by atoms with Crippen molar-refractivity contribution in [2.24, 2.45) is 5.92 Å². The zero-order valence-corrected chi connectivity index (χ0v) is 22.8. The van der Waals surface area contributed by atoms with Crippen molar-refractivity contribution >= 4 is 5.82 Å². The average molecular weight is 520 g/mol. The number of aromatic nitrogens is 1. The Morgan fingerprint density at radius 3 is 2.57 bits per heavy atom. The minimum atomic E-state index is -4.39. The molecule has 2 atom stereocenters. The fraction of sp³-hybridized carbons (Fsp3) is 0.567. The number of likely N-dealkylation sites (N-methyl/N-ethyl adjacent to an activating group) is 1. The smallest absolute Gasteiger partial charge is 0.376 e. The summed E-state index contributed by atoms with van der Waals surface area (Å²) < 4.78 is 55.9. The van der Waals surface area contributed by atoms with Crippen molar-refractivity contribution in [1.29, 1.82) is 0 Å². The van der Waals surface area contributed by atoms with E-state index in [-0.39, 0.29) is 18.0 Å². The van der Waals surface area contributed by atoms with Crippen LogP contribution in [0.2, 0.25) is 0 Å². The van der Waals surface area contributed by atoms with Crippen molar-refractivity contribution in [2.75, 3.05) is 25.6 Å². The maximum absolute atomic E-state index is 14.1. The van der Waals surface area contributed by atoms with Crippen LogP contribution in [0, 0.1) is 5.92 Å². The molecule has 1 saturated heterocycles. The van der Waals surface area contributed by atoms with E-state index in [9.17, 15) is 17.6 Å². The average Bonchev–Trinajstić information content (AvgIpc) is 3.31. The van der Waals surface area contributed by atoms with E-state index < -0.39 is 18.8 Å². The standard InChI is InChI=1S/C30H41F4N3/c1-6-10-24(30(32,33)34)16-26(21(7-2)18-31)25(20(3)4)17-28-27(13-9-14-37(28)5)36-29-15-22-11-8-12-23(22)19-35-29/h7,15-17,19,24,27H,6,8-14,18H2,1-5H3,(H,35,36)/b21-7-,26-16+,28-17-. The van der Waals surface area contributed by atoms with Crippen LogP contribution in [-0.4, -0.2) is 42.4 Å². The number of likely N-dealkylation sites (tertiary alicyclic amines) is 1. The molecule has 0 aromatic carbocycles. The number of nitrogens with one attached hydrogen (secondary N) is 1. The molecule has 1 aromatic heterocycles. The number of anilines is 1. The van der Waals surface area contributed by atoms with Gasteiger partial charge in [0.1, 0.15) is 12.5 Å². The third-order valence-corrected chi connectivity index (χ3v) is 7.43. The lowest BCUT2D eigenvalue weighted by Gasteiger charge is -2.36. The lowest BCUT2D eigenvalue weighted by molar-refractivity contribution is -0.162. The summed E-state index contributed by atoms with van der Waals surface area (Å²) in [6, 6.07) is 2.08. The van der Waals surface area contributed by atoms with Crippen LogP contribution in [0.5, 0.6) is 0 Å². The van der Waals surface area contributed by atoms with Crippen molar-refractivity contribution in [3.63, 3.8) is 0 Å². The fourth-order valence-electron chi connectivity index (χ4n) is 5.31. The highest BCUT2D eigenvalue weighted by molar-refractivity contribution is 5.56. The highest BCUT2D eigenvalue weighted by atomic mass is 19.4. The van der Waals surface area contributed by atoms with Gasteiger partial charge >= 0.3 is 6.18 Å². The Balaban J connectivity index is 2.06. The van der Waals surface area contributed by atoms with Gasteiger partial charge in [-0.3, -0.25) is 0 Å². The molecule has 0 saturated carbocycles. The first-order chi connectivity index (χ1) is 17.6. The zero-order valence-electron chi connectivity index (χ0n) is 22.8. The molecule has 0 bridgehead atoms. The van der Waals surface area contributed by atoms with Gasteiger partial charge in [0.15, 0.2) is 0 Å². The van der Waals surface area contributed by atoms with Crippen molar-refractivity contribution in [3.05, 3.63) is 69.6 Å². The lowest BCUT2D eigenvalue weighted by atomic mass is 9.87. The summed E-state index contributed by atoms with van der Waals surface area (Å²) in [6.07, 6.45) is 7.85. The van der Waals surface area contributed by atoms with Crippen LogP contribution >= 0.6 is 0 Å². The molecule has 2 unspecified atom stereocenters. The number of hydrogen-bond donors (Lipinski definition) is 1. The largest absolute Gasteiger partial charge is 0.395 e. The van der Waals surface area contributed by atoms with Crippen molar-refractivity contribution < 1.29 is 17.6 Å². The molecule has 3 rings (SSSR count). The summed E-state index contributed by atoms with van der Waals surface area (Å²) in [6.45, 7) is 7.19. The molecular formula is C30H41F4N3. The molecule has 2 heterocycles. The molecule has 1 N–H and O–H groups in total. The predicted molar refractivity (Wildman–Crippen MR) is 144 cm³/mol. The van der Waals surface area contributed by atoms with Crippen LogP contribution in [0.3, 0.4) is 0 Å². The molecule has 0 amide bonds. The Morgan fingerprint density at radius 2 is 1.95 bits per heavy atom. The number of fused-ring (bicyclic) bond motifs is 1. The number of alkyl halides is 4. The van der Waals surface area contributed by atoms with Gasteiger partial charge in [-0.05, 0) is 99.3 Å². The number of halogens is 4. The van der Waals surface area contributed by atoms with Gasteiger partial charge < -0.3 is 10.2 Å². The number of rotatable bonds is 9. The molecule has 204 valence electrons. The van der Waals surface area contributed by atoms with Gasteiger partial charge in [0, 0.05) is 25.5 Å². The molecule has 0 radical (unpaired) electrons. The summed E-state index contributed by atoms with van der Waals surface area (Å²) in [5.74, 6) is -0.810. The first kappa shape index (κ1) is 29.0. The van der Waals surface area contributed by atoms with Gasteiger partial charge in [0.05, 0.1) is 12.0 Å². The normalized spacial score (nSPS) is 20.7.